The molecule has 1 aliphatic heterocycles. The van der Waals surface area contributed by atoms with Gasteiger partial charge in [-0.1, -0.05) is 12.1 Å². The number of hydrogen-bond donors (Lipinski definition) is 0. The van der Waals surface area contributed by atoms with Gasteiger partial charge in [-0.2, -0.15) is 4.31 Å². The number of thioether (sulfide) groups is 1. The number of nitrogens with zero attached hydrogens (tertiary/aromatic N) is 3. The molecular formula is C20H23N3O3S3. The van der Waals surface area contributed by atoms with Gasteiger partial charge in [-0.25, -0.2) is 18.4 Å². The molecule has 29 heavy (non-hydrogen) atoms. The summed E-state index contributed by atoms with van der Waals surface area (Å²) in [6.07, 6.45) is 0. The number of benzene rings is 1. The van der Waals surface area contributed by atoms with E-state index in [0.29, 0.717) is 37.0 Å². The normalized spacial score (nSPS) is 15.8. The third-order valence-electron chi connectivity index (χ3n) is 4.99. The third kappa shape index (κ3) is 4.20. The van der Waals surface area contributed by atoms with Crippen molar-refractivity contribution in [1.29, 1.82) is 0 Å². The van der Waals surface area contributed by atoms with E-state index in [0.717, 1.165) is 26.6 Å². The number of morpholine rings is 1. The molecule has 0 radical (unpaired) electrons. The second-order valence-corrected chi connectivity index (χ2v) is 11.1. The van der Waals surface area contributed by atoms with Crippen molar-refractivity contribution in [1.82, 2.24) is 14.3 Å². The molecule has 1 aliphatic rings. The van der Waals surface area contributed by atoms with E-state index in [9.17, 15) is 8.42 Å². The second-order valence-electron chi connectivity index (χ2n) is 6.99. The molecule has 0 spiro atoms. The lowest BCUT2D eigenvalue weighted by Gasteiger charge is -2.26. The van der Waals surface area contributed by atoms with Crippen molar-refractivity contribution in [3.63, 3.8) is 0 Å². The Bertz CT molecular complexity index is 1150. The van der Waals surface area contributed by atoms with Gasteiger partial charge in [0.1, 0.15) is 15.7 Å². The van der Waals surface area contributed by atoms with E-state index in [-0.39, 0.29) is 0 Å². The van der Waals surface area contributed by atoms with Crippen molar-refractivity contribution in [3.05, 3.63) is 46.1 Å². The lowest BCUT2D eigenvalue weighted by atomic mass is 10.2. The molecule has 3 aromatic rings. The fourth-order valence-electron chi connectivity index (χ4n) is 3.30. The summed E-state index contributed by atoms with van der Waals surface area (Å²) >= 11 is 3.32. The Labute approximate surface area is 179 Å². The highest BCUT2D eigenvalue weighted by atomic mass is 32.2. The average molecular weight is 450 g/mol. The lowest BCUT2D eigenvalue weighted by Crippen LogP contribution is -2.40. The van der Waals surface area contributed by atoms with Crippen molar-refractivity contribution in [2.75, 3.05) is 26.3 Å². The van der Waals surface area contributed by atoms with Gasteiger partial charge in [0.05, 0.1) is 18.1 Å². The fraction of sp³-hybridized carbons (Fsp3) is 0.400. The zero-order valence-electron chi connectivity index (χ0n) is 16.6. The minimum Gasteiger partial charge on any atom is -0.379 e. The van der Waals surface area contributed by atoms with E-state index in [1.54, 1.807) is 35.2 Å². The van der Waals surface area contributed by atoms with Gasteiger partial charge in [0, 0.05) is 29.1 Å². The van der Waals surface area contributed by atoms with Crippen molar-refractivity contribution in [2.24, 2.45) is 0 Å². The predicted octanol–water partition coefficient (Wildman–Crippen LogP) is 3.93. The second kappa shape index (κ2) is 8.31. The van der Waals surface area contributed by atoms with Crippen LogP contribution in [0.4, 0.5) is 0 Å². The summed E-state index contributed by atoms with van der Waals surface area (Å²) in [6, 6.07) is 7.21. The molecule has 9 heteroatoms. The van der Waals surface area contributed by atoms with Crippen LogP contribution >= 0.6 is 23.1 Å². The van der Waals surface area contributed by atoms with Gasteiger partial charge in [0.2, 0.25) is 10.0 Å². The molecule has 0 aliphatic carbocycles. The summed E-state index contributed by atoms with van der Waals surface area (Å²) in [5, 5.41) is 2.07. The topological polar surface area (TPSA) is 72.4 Å². The Morgan fingerprint density at radius 1 is 1.17 bits per heavy atom. The van der Waals surface area contributed by atoms with Gasteiger partial charge in [0.15, 0.2) is 0 Å². The molecule has 1 fully saturated rings. The highest BCUT2D eigenvalue weighted by Gasteiger charge is 2.26. The maximum atomic E-state index is 12.9. The Morgan fingerprint density at radius 2 is 1.93 bits per heavy atom. The maximum absolute atomic E-state index is 12.9. The maximum Gasteiger partial charge on any atom is 0.243 e. The van der Waals surface area contributed by atoms with Crippen LogP contribution in [0, 0.1) is 20.8 Å². The highest BCUT2D eigenvalue weighted by Crippen LogP contribution is 2.36. The van der Waals surface area contributed by atoms with Gasteiger partial charge < -0.3 is 4.74 Å². The number of aryl methyl sites for hydroxylation is 3. The monoisotopic (exact) mass is 449 g/mol. The molecule has 1 saturated heterocycles. The van der Waals surface area contributed by atoms with Crippen molar-refractivity contribution >= 4 is 43.3 Å². The van der Waals surface area contributed by atoms with Crippen LogP contribution in [0.15, 0.2) is 34.2 Å². The molecule has 0 saturated carbocycles. The van der Waals surface area contributed by atoms with Crippen LogP contribution < -0.4 is 0 Å². The van der Waals surface area contributed by atoms with E-state index >= 15 is 0 Å². The Balaban J connectivity index is 1.59. The Morgan fingerprint density at radius 3 is 2.69 bits per heavy atom. The van der Waals surface area contributed by atoms with Crippen LogP contribution in [0.5, 0.6) is 0 Å². The SMILES string of the molecule is Cc1nc(SCc2cccc(S(=O)(=O)N3CCOCC3)c2)c2c(C)c(C)sc2n1. The minimum absolute atomic E-state index is 0.337. The van der Waals surface area contributed by atoms with Gasteiger partial charge in [-0.05, 0) is 44.0 Å². The van der Waals surface area contributed by atoms with Gasteiger partial charge in [-0.15, -0.1) is 23.1 Å². The summed E-state index contributed by atoms with van der Waals surface area (Å²) in [7, 11) is -3.49. The van der Waals surface area contributed by atoms with Gasteiger partial charge in [-0.3, -0.25) is 0 Å². The third-order valence-corrected chi connectivity index (χ3v) is 9.03. The van der Waals surface area contributed by atoms with Crippen molar-refractivity contribution in [2.45, 2.75) is 36.4 Å². The van der Waals surface area contributed by atoms with Crippen LogP contribution in [0.25, 0.3) is 10.2 Å². The summed E-state index contributed by atoms with van der Waals surface area (Å²) in [6.45, 7) is 7.79. The first kappa shape index (κ1) is 20.7. The lowest BCUT2D eigenvalue weighted by molar-refractivity contribution is 0.0730. The molecule has 3 heterocycles. The van der Waals surface area contributed by atoms with Crippen LogP contribution in [-0.4, -0.2) is 49.0 Å². The molecule has 6 nitrogen and oxygen atoms in total. The Hall–Kier alpha value is -1.52. The number of fused-ring (bicyclic) bond motifs is 1. The number of thiophene rings is 1. The summed E-state index contributed by atoms with van der Waals surface area (Å²) < 4.78 is 32.6. The molecular weight excluding hydrogens is 426 g/mol. The van der Waals surface area contributed by atoms with Gasteiger partial charge >= 0.3 is 0 Å². The first-order valence-electron chi connectivity index (χ1n) is 9.40. The molecule has 1 aromatic carbocycles. The molecule has 0 N–H and O–H groups in total. The van der Waals surface area contributed by atoms with Crippen LogP contribution in [0.2, 0.25) is 0 Å². The first-order chi connectivity index (χ1) is 13.9. The summed E-state index contributed by atoms with van der Waals surface area (Å²) in [5.41, 5.74) is 2.18. The van der Waals surface area contributed by atoms with E-state index in [1.807, 2.05) is 19.1 Å². The quantitative estimate of drug-likeness (QED) is 0.434. The largest absolute Gasteiger partial charge is 0.379 e. The van der Waals surface area contributed by atoms with Crippen molar-refractivity contribution in [3.8, 4) is 0 Å². The van der Waals surface area contributed by atoms with Crippen LogP contribution in [0.1, 0.15) is 21.8 Å². The smallest absolute Gasteiger partial charge is 0.243 e. The van der Waals surface area contributed by atoms with E-state index < -0.39 is 10.0 Å². The molecule has 2 aromatic heterocycles. The van der Waals surface area contributed by atoms with Crippen LogP contribution in [-0.2, 0) is 20.5 Å². The molecule has 0 amide bonds. The highest BCUT2D eigenvalue weighted by molar-refractivity contribution is 7.98. The van der Waals surface area contributed by atoms with E-state index in [1.165, 1.54) is 14.7 Å². The fourth-order valence-corrected chi connectivity index (χ4v) is 6.99. The van der Waals surface area contributed by atoms with Crippen molar-refractivity contribution < 1.29 is 13.2 Å². The molecule has 0 unspecified atom stereocenters. The number of sulfonamides is 1. The van der Waals surface area contributed by atoms with E-state index in [4.69, 9.17) is 4.74 Å². The summed E-state index contributed by atoms with van der Waals surface area (Å²) in [5.74, 6) is 1.40. The molecule has 0 atom stereocenters. The molecule has 0 bridgehead atoms. The van der Waals surface area contributed by atoms with Gasteiger partial charge in [0.25, 0.3) is 0 Å². The zero-order valence-corrected chi connectivity index (χ0v) is 19.1. The minimum atomic E-state index is -3.49. The molecule has 154 valence electrons. The Kier molecular flexibility index (Phi) is 5.94. The van der Waals surface area contributed by atoms with Crippen LogP contribution in [0.3, 0.4) is 0 Å². The van der Waals surface area contributed by atoms with E-state index in [2.05, 4.69) is 23.8 Å². The first-order valence-corrected chi connectivity index (χ1v) is 12.6. The predicted molar refractivity (Wildman–Crippen MR) is 117 cm³/mol. The summed E-state index contributed by atoms with van der Waals surface area (Å²) in [4.78, 5) is 11.8. The zero-order chi connectivity index (χ0) is 20.6. The number of ether oxygens (including phenoxy) is 1. The standard InChI is InChI=1S/C20H23N3O3S3/c1-13-14(2)28-20-18(13)19(21-15(3)22-20)27-12-16-5-4-6-17(11-16)29(24,25)23-7-9-26-10-8-23/h4-6,11H,7-10,12H2,1-3H3. The average Bonchev–Trinajstić information content (AvgIpc) is 3.00. The number of aromatic nitrogens is 2. The molecule has 4 rings (SSSR count). The number of hydrogen-bond acceptors (Lipinski definition) is 7. The number of rotatable bonds is 5.